The zero-order chi connectivity index (χ0) is 19.7. The van der Waals surface area contributed by atoms with Gasteiger partial charge in [0.25, 0.3) is 10.0 Å². The maximum absolute atomic E-state index is 12.9. The molecule has 152 valence electrons. The molecule has 2 aromatic rings. The van der Waals surface area contributed by atoms with Gasteiger partial charge in [-0.3, -0.25) is 0 Å². The predicted octanol–water partition coefficient (Wildman–Crippen LogP) is 1.37. The highest BCUT2D eigenvalue weighted by Crippen LogP contribution is 2.22. The van der Waals surface area contributed by atoms with Gasteiger partial charge in [0, 0.05) is 57.7 Å². The van der Waals surface area contributed by atoms with Crippen LogP contribution in [0.3, 0.4) is 0 Å². The summed E-state index contributed by atoms with van der Waals surface area (Å²) in [6.45, 7) is 8.02. The van der Waals surface area contributed by atoms with E-state index in [0.717, 1.165) is 24.9 Å². The first-order chi connectivity index (χ1) is 13.4. The van der Waals surface area contributed by atoms with E-state index in [4.69, 9.17) is 4.98 Å². The Morgan fingerprint density at radius 2 is 1.68 bits per heavy atom. The van der Waals surface area contributed by atoms with Crippen LogP contribution in [0, 0.1) is 0 Å². The molecule has 0 amide bonds. The monoisotopic (exact) mass is 405 g/mol. The summed E-state index contributed by atoms with van der Waals surface area (Å²) in [6, 6.07) is 2.07. The van der Waals surface area contributed by atoms with Crippen LogP contribution in [0.1, 0.15) is 32.7 Å². The van der Waals surface area contributed by atoms with Crippen LogP contribution in [-0.4, -0.2) is 71.5 Å². The minimum absolute atomic E-state index is 0.119. The second kappa shape index (κ2) is 7.67. The van der Waals surface area contributed by atoms with Crippen LogP contribution < -0.4 is 9.80 Å². The Bertz CT molecular complexity index is 914. The first-order valence-electron chi connectivity index (χ1n) is 9.82. The first-order valence-corrected chi connectivity index (χ1v) is 11.3. The Morgan fingerprint density at radius 1 is 0.964 bits per heavy atom. The third kappa shape index (κ3) is 3.70. The molecule has 0 N–H and O–H groups in total. The first kappa shape index (κ1) is 19.1. The molecule has 0 aromatic carbocycles. The van der Waals surface area contributed by atoms with Gasteiger partial charge in [0.2, 0.25) is 5.95 Å². The van der Waals surface area contributed by atoms with E-state index < -0.39 is 10.0 Å². The topological polar surface area (TPSA) is 87.5 Å². The smallest absolute Gasteiger partial charge is 0.262 e. The molecule has 28 heavy (non-hydrogen) atoms. The lowest BCUT2D eigenvalue weighted by molar-refractivity contribution is 0.382. The SMILES string of the molecule is CC(C)n1cnc(S(=O)(=O)N2CCN(c3ccnc(N4CCCC4)n3)CC2)c1. The average Bonchev–Trinajstić information content (AvgIpc) is 3.40. The number of sulfonamides is 1. The molecule has 2 saturated heterocycles. The second-order valence-corrected chi connectivity index (χ2v) is 9.44. The summed E-state index contributed by atoms with van der Waals surface area (Å²) in [6.07, 6.45) is 7.33. The molecule has 2 aromatic heterocycles. The van der Waals surface area contributed by atoms with Crippen molar-refractivity contribution >= 4 is 21.8 Å². The number of nitrogens with zero attached hydrogens (tertiary/aromatic N) is 7. The molecule has 2 aliphatic rings. The van der Waals surface area contributed by atoms with Crippen molar-refractivity contribution in [1.82, 2.24) is 23.8 Å². The molecule has 0 atom stereocenters. The van der Waals surface area contributed by atoms with Crippen molar-refractivity contribution in [3.8, 4) is 0 Å². The molecular weight excluding hydrogens is 378 g/mol. The van der Waals surface area contributed by atoms with Gasteiger partial charge in [-0.25, -0.2) is 18.4 Å². The van der Waals surface area contributed by atoms with Crippen molar-refractivity contribution in [3.63, 3.8) is 0 Å². The van der Waals surface area contributed by atoms with Crippen molar-refractivity contribution in [2.45, 2.75) is 37.8 Å². The van der Waals surface area contributed by atoms with Crippen LogP contribution in [0.2, 0.25) is 0 Å². The van der Waals surface area contributed by atoms with Crippen molar-refractivity contribution in [3.05, 3.63) is 24.8 Å². The van der Waals surface area contributed by atoms with E-state index >= 15 is 0 Å². The van der Waals surface area contributed by atoms with Crippen molar-refractivity contribution < 1.29 is 8.42 Å². The number of imidazole rings is 1. The summed E-state index contributed by atoms with van der Waals surface area (Å²) >= 11 is 0. The van der Waals surface area contributed by atoms with E-state index in [1.165, 1.54) is 17.1 Å². The summed E-state index contributed by atoms with van der Waals surface area (Å²) in [5, 5.41) is 0.119. The molecule has 0 saturated carbocycles. The zero-order valence-electron chi connectivity index (χ0n) is 16.4. The fourth-order valence-corrected chi connectivity index (χ4v) is 4.95. The summed E-state index contributed by atoms with van der Waals surface area (Å²) in [5.41, 5.74) is 0. The Labute approximate surface area is 166 Å². The standard InChI is InChI=1S/C18H27N7O2S/c1-15(2)24-13-17(20-14-24)28(26,27)25-11-9-22(10-12-25)16-5-6-19-18(21-16)23-7-3-4-8-23/h5-6,13-15H,3-4,7-12H2,1-2H3. The molecule has 0 bridgehead atoms. The Kier molecular flexibility index (Phi) is 5.24. The van der Waals surface area contributed by atoms with E-state index in [9.17, 15) is 8.42 Å². The number of aromatic nitrogens is 4. The highest BCUT2D eigenvalue weighted by Gasteiger charge is 2.31. The fourth-order valence-electron chi connectivity index (χ4n) is 3.61. The summed E-state index contributed by atoms with van der Waals surface area (Å²) in [4.78, 5) is 17.5. The summed E-state index contributed by atoms with van der Waals surface area (Å²) in [5.74, 6) is 1.63. The van der Waals surface area contributed by atoms with E-state index in [1.54, 1.807) is 18.7 Å². The second-order valence-electron chi connectivity index (χ2n) is 7.55. The van der Waals surface area contributed by atoms with Gasteiger partial charge in [-0.1, -0.05) is 0 Å². The number of anilines is 2. The van der Waals surface area contributed by atoms with E-state index in [2.05, 4.69) is 19.8 Å². The largest absolute Gasteiger partial charge is 0.354 e. The molecule has 4 rings (SSSR count). The quantitative estimate of drug-likeness (QED) is 0.742. The molecule has 2 aliphatic heterocycles. The Balaban J connectivity index is 1.43. The highest BCUT2D eigenvalue weighted by atomic mass is 32.2. The highest BCUT2D eigenvalue weighted by molar-refractivity contribution is 7.89. The maximum atomic E-state index is 12.9. The Morgan fingerprint density at radius 3 is 2.32 bits per heavy atom. The zero-order valence-corrected chi connectivity index (χ0v) is 17.2. The fraction of sp³-hybridized carbons (Fsp3) is 0.611. The van der Waals surface area contributed by atoms with Crippen molar-refractivity contribution in [2.24, 2.45) is 0 Å². The third-order valence-corrected chi connectivity index (χ3v) is 7.14. The van der Waals surface area contributed by atoms with Gasteiger partial charge in [-0.05, 0) is 32.8 Å². The van der Waals surface area contributed by atoms with Crippen molar-refractivity contribution in [2.75, 3.05) is 49.1 Å². The molecule has 4 heterocycles. The molecule has 2 fully saturated rings. The predicted molar refractivity (Wildman–Crippen MR) is 107 cm³/mol. The molecule has 0 radical (unpaired) electrons. The number of hydrogen-bond donors (Lipinski definition) is 0. The molecule has 9 nitrogen and oxygen atoms in total. The lowest BCUT2D eigenvalue weighted by atomic mass is 10.3. The van der Waals surface area contributed by atoms with Gasteiger partial charge in [-0.2, -0.15) is 9.29 Å². The molecule has 10 heteroatoms. The van der Waals surface area contributed by atoms with Crippen LogP contribution in [-0.2, 0) is 10.0 Å². The minimum atomic E-state index is -3.57. The molecule has 0 aliphatic carbocycles. The minimum Gasteiger partial charge on any atom is -0.354 e. The van der Waals surface area contributed by atoms with Crippen molar-refractivity contribution in [1.29, 1.82) is 0 Å². The Hall–Kier alpha value is -2.20. The van der Waals surface area contributed by atoms with Gasteiger partial charge < -0.3 is 14.4 Å². The van der Waals surface area contributed by atoms with Crippen LogP contribution in [0.4, 0.5) is 11.8 Å². The van der Waals surface area contributed by atoms with Crippen LogP contribution >= 0.6 is 0 Å². The van der Waals surface area contributed by atoms with E-state index in [0.29, 0.717) is 26.2 Å². The maximum Gasteiger partial charge on any atom is 0.262 e. The van der Waals surface area contributed by atoms with Crippen LogP contribution in [0.15, 0.2) is 29.8 Å². The van der Waals surface area contributed by atoms with E-state index in [-0.39, 0.29) is 11.1 Å². The third-order valence-electron chi connectivity index (χ3n) is 5.36. The lowest BCUT2D eigenvalue weighted by Crippen LogP contribution is -2.49. The molecule has 0 unspecified atom stereocenters. The van der Waals surface area contributed by atoms with Crippen LogP contribution in [0.5, 0.6) is 0 Å². The molecule has 0 spiro atoms. The van der Waals surface area contributed by atoms with E-state index in [1.807, 2.05) is 24.5 Å². The van der Waals surface area contributed by atoms with Crippen LogP contribution in [0.25, 0.3) is 0 Å². The number of rotatable bonds is 5. The van der Waals surface area contributed by atoms with Gasteiger partial charge in [0.1, 0.15) is 5.82 Å². The van der Waals surface area contributed by atoms with Gasteiger partial charge in [0.15, 0.2) is 5.03 Å². The molecular formula is C18H27N7O2S. The normalized spacial score (nSPS) is 19.0. The summed E-state index contributed by atoms with van der Waals surface area (Å²) < 4.78 is 29.1. The number of hydrogen-bond acceptors (Lipinski definition) is 7. The van der Waals surface area contributed by atoms with Gasteiger partial charge in [-0.15, -0.1) is 0 Å². The van der Waals surface area contributed by atoms with Gasteiger partial charge >= 0.3 is 0 Å². The average molecular weight is 406 g/mol. The lowest BCUT2D eigenvalue weighted by Gasteiger charge is -2.34. The van der Waals surface area contributed by atoms with Gasteiger partial charge in [0.05, 0.1) is 6.33 Å². The number of piperazine rings is 1. The summed E-state index contributed by atoms with van der Waals surface area (Å²) in [7, 11) is -3.57.